The first kappa shape index (κ1) is 28.8. The first-order chi connectivity index (χ1) is 17.5. The molecule has 2 aromatic carbocycles. The quantitative estimate of drug-likeness (QED) is 0.185. The summed E-state index contributed by atoms with van der Waals surface area (Å²) in [4.78, 5) is 25.8. The Kier molecular flexibility index (Phi) is 13.1. The Bertz CT molecular complexity index is 1010. The molecule has 0 spiro atoms. The van der Waals surface area contributed by atoms with Crippen molar-refractivity contribution in [2.75, 3.05) is 62.4 Å². The molecule has 2 aromatic rings. The highest BCUT2D eigenvalue weighted by Crippen LogP contribution is 2.19. The Morgan fingerprint density at radius 2 is 1.08 bits per heavy atom. The Morgan fingerprint density at radius 1 is 0.694 bits per heavy atom. The van der Waals surface area contributed by atoms with E-state index >= 15 is 0 Å². The number of anilines is 2. The largest absolute Gasteiger partial charge is 0.375 e. The average molecular weight is 491 g/mol. The first-order valence-corrected chi connectivity index (χ1v) is 12.4. The summed E-state index contributed by atoms with van der Waals surface area (Å²) in [7, 11) is 0. The Hall–Kier alpha value is -3.40. The van der Waals surface area contributed by atoms with Gasteiger partial charge in [-0.2, -0.15) is 0 Å². The molecule has 0 saturated carbocycles. The summed E-state index contributed by atoms with van der Waals surface area (Å²) in [6.45, 7) is 12.5. The minimum atomic E-state index is 0.275. The van der Waals surface area contributed by atoms with E-state index in [4.69, 9.17) is 9.47 Å². The molecule has 0 aliphatic carbocycles. The van der Waals surface area contributed by atoms with Gasteiger partial charge in [-0.15, -0.1) is 0 Å². The van der Waals surface area contributed by atoms with Crippen LogP contribution in [0.25, 0.3) is 12.2 Å². The van der Waals surface area contributed by atoms with Crippen molar-refractivity contribution in [3.05, 3.63) is 70.8 Å². The minimum absolute atomic E-state index is 0.275. The molecule has 0 amide bonds. The van der Waals surface area contributed by atoms with Crippen molar-refractivity contribution < 1.29 is 19.1 Å². The standard InChI is InChI=1S/C30H38N2O4/c1-5-31(6-2)29-13-9-27(10-14-29)7-8-28-11-15-30(16-12-28)32(17-19-35-23-25(3)21-33)18-20-36-24-26(4)22-34/h7-16H,5-6,17-20,23-24H2,1-4H3. The predicted molar refractivity (Wildman–Crippen MR) is 149 cm³/mol. The number of carbonyl (C=O) groups excluding carboxylic acids is 2. The lowest BCUT2D eigenvalue weighted by molar-refractivity contribution is 0.150. The monoisotopic (exact) mass is 490 g/mol. The van der Waals surface area contributed by atoms with E-state index < -0.39 is 0 Å². The molecule has 0 unspecified atom stereocenters. The Labute approximate surface area is 215 Å². The molecule has 0 N–H and O–H groups in total. The third-order valence-corrected chi connectivity index (χ3v) is 5.74. The summed E-state index contributed by atoms with van der Waals surface area (Å²) >= 11 is 0. The maximum Gasteiger partial charge on any atom is 0.125 e. The minimum Gasteiger partial charge on any atom is -0.375 e. The number of benzene rings is 2. The van der Waals surface area contributed by atoms with Gasteiger partial charge in [-0.05, 0) is 63.1 Å². The lowest BCUT2D eigenvalue weighted by Crippen LogP contribution is -2.31. The van der Waals surface area contributed by atoms with Crippen molar-refractivity contribution in [3.63, 3.8) is 0 Å². The molecule has 0 bridgehead atoms. The van der Waals surface area contributed by atoms with Gasteiger partial charge in [-0.1, -0.05) is 36.4 Å². The fourth-order valence-corrected chi connectivity index (χ4v) is 3.60. The smallest absolute Gasteiger partial charge is 0.125 e. The zero-order valence-electron chi connectivity index (χ0n) is 22.0. The normalized spacial score (nSPS) is 10.7. The summed E-state index contributed by atoms with van der Waals surface area (Å²) in [6.07, 6.45) is 4.22. The van der Waals surface area contributed by atoms with Crippen LogP contribution in [-0.4, -0.2) is 64.5 Å². The van der Waals surface area contributed by atoms with Gasteiger partial charge in [0.2, 0.25) is 0 Å². The van der Waals surface area contributed by atoms with Gasteiger partial charge in [0.25, 0.3) is 0 Å². The SMILES string of the molecule is CCN(CC)c1ccc(C=Cc2ccc(N(CCOCC(C)=C=O)CCOCC(C)=C=O)cc2)cc1. The van der Waals surface area contributed by atoms with Gasteiger partial charge in [-0.3, -0.25) is 0 Å². The molecule has 6 heteroatoms. The summed E-state index contributed by atoms with van der Waals surface area (Å²) in [6, 6.07) is 16.9. The maximum absolute atomic E-state index is 10.6. The third-order valence-electron chi connectivity index (χ3n) is 5.74. The van der Waals surface area contributed by atoms with E-state index in [0.29, 0.717) is 37.4 Å². The van der Waals surface area contributed by atoms with Crippen molar-refractivity contribution in [3.8, 4) is 0 Å². The molecule has 0 aromatic heterocycles. The van der Waals surface area contributed by atoms with Crippen molar-refractivity contribution in [2.24, 2.45) is 0 Å². The van der Waals surface area contributed by atoms with Gasteiger partial charge in [0.05, 0.1) is 26.4 Å². The number of nitrogens with zero attached hydrogens (tertiary/aromatic N) is 2. The molecule has 0 radical (unpaired) electrons. The van der Waals surface area contributed by atoms with Crippen LogP contribution in [0.5, 0.6) is 0 Å². The van der Waals surface area contributed by atoms with Gasteiger partial charge in [0, 0.05) is 48.7 Å². The van der Waals surface area contributed by atoms with Gasteiger partial charge in [-0.25, -0.2) is 9.59 Å². The summed E-state index contributed by atoms with van der Waals surface area (Å²) in [5.41, 5.74) is 5.64. The van der Waals surface area contributed by atoms with Crippen LogP contribution in [0.2, 0.25) is 0 Å². The number of rotatable bonds is 16. The molecular formula is C30H38N2O4. The average Bonchev–Trinajstić information content (AvgIpc) is 2.92. The van der Waals surface area contributed by atoms with E-state index in [0.717, 1.165) is 29.9 Å². The fraction of sp³-hybridized carbons (Fsp3) is 0.400. The van der Waals surface area contributed by atoms with E-state index in [1.54, 1.807) is 13.8 Å². The van der Waals surface area contributed by atoms with Crippen LogP contribution >= 0.6 is 0 Å². The predicted octanol–water partition coefficient (Wildman–Crippen LogP) is 5.10. The van der Waals surface area contributed by atoms with Crippen LogP contribution in [0.15, 0.2) is 59.7 Å². The van der Waals surface area contributed by atoms with Crippen molar-refractivity contribution in [2.45, 2.75) is 27.7 Å². The van der Waals surface area contributed by atoms with Crippen molar-refractivity contribution >= 4 is 35.4 Å². The van der Waals surface area contributed by atoms with Crippen molar-refractivity contribution in [1.29, 1.82) is 0 Å². The summed E-state index contributed by atoms with van der Waals surface area (Å²) in [5, 5.41) is 0. The van der Waals surface area contributed by atoms with E-state index in [2.05, 4.69) is 84.3 Å². The highest BCUT2D eigenvalue weighted by Gasteiger charge is 2.07. The van der Waals surface area contributed by atoms with Gasteiger partial charge >= 0.3 is 0 Å². The number of hydrogen-bond acceptors (Lipinski definition) is 6. The zero-order valence-corrected chi connectivity index (χ0v) is 22.0. The number of hydrogen-bond donors (Lipinski definition) is 0. The van der Waals surface area contributed by atoms with Crippen LogP contribution in [0.4, 0.5) is 11.4 Å². The Morgan fingerprint density at radius 3 is 1.44 bits per heavy atom. The highest BCUT2D eigenvalue weighted by atomic mass is 16.5. The van der Waals surface area contributed by atoms with E-state index in [-0.39, 0.29) is 13.2 Å². The Balaban J connectivity index is 2.01. The van der Waals surface area contributed by atoms with Crippen LogP contribution in [-0.2, 0) is 19.1 Å². The molecule has 192 valence electrons. The molecule has 0 aliphatic rings. The van der Waals surface area contributed by atoms with Crippen LogP contribution in [0, 0.1) is 0 Å². The molecular weight excluding hydrogens is 452 g/mol. The van der Waals surface area contributed by atoms with E-state index in [1.807, 2.05) is 11.9 Å². The topological polar surface area (TPSA) is 59.1 Å². The van der Waals surface area contributed by atoms with E-state index in [1.165, 1.54) is 5.69 Å². The van der Waals surface area contributed by atoms with Crippen LogP contribution in [0.1, 0.15) is 38.8 Å². The molecule has 0 saturated heterocycles. The molecule has 0 atom stereocenters. The lowest BCUT2D eigenvalue weighted by Gasteiger charge is -2.25. The fourth-order valence-electron chi connectivity index (χ4n) is 3.60. The summed E-state index contributed by atoms with van der Waals surface area (Å²) < 4.78 is 11.2. The lowest BCUT2D eigenvalue weighted by atomic mass is 10.1. The van der Waals surface area contributed by atoms with Gasteiger partial charge in [0.1, 0.15) is 11.9 Å². The van der Waals surface area contributed by atoms with Gasteiger partial charge < -0.3 is 19.3 Å². The molecule has 0 fully saturated rings. The highest BCUT2D eigenvalue weighted by molar-refractivity contribution is 5.71. The second-order valence-electron chi connectivity index (χ2n) is 8.55. The first-order valence-electron chi connectivity index (χ1n) is 12.4. The molecule has 2 rings (SSSR count). The van der Waals surface area contributed by atoms with Crippen LogP contribution < -0.4 is 9.80 Å². The van der Waals surface area contributed by atoms with E-state index in [9.17, 15) is 9.59 Å². The molecule has 0 heterocycles. The third kappa shape index (κ3) is 10.1. The molecule has 0 aliphatic heterocycles. The maximum atomic E-state index is 10.6. The second kappa shape index (κ2) is 16.3. The summed E-state index contributed by atoms with van der Waals surface area (Å²) in [5.74, 6) is 3.70. The van der Waals surface area contributed by atoms with Crippen LogP contribution in [0.3, 0.4) is 0 Å². The number of ether oxygens (including phenoxy) is 2. The second-order valence-corrected chi connectivity index (χ2v) is 8.55. The van der Waals surface area contributed by atoms with Gasteiger partial charge in [0.15, 0.2) is 0 Å². The molecule has 36 heavy (non-hydrogen) atoms. The molecule has 6 nitrogen and oxygen atoms in total. The van der Waals surface area contributed by atoms with Crippen molar-refractivity contribution in [1.82, 2.24) is 0 Å². The zero-order chi connectivity index (χ0) is 26.2.